The molecule has 1 spiro atoms. The van der Waals surface area contributed by atoms with Crippen molar-refractivity contribution in [3.8, 4) is 5.95 Å². The van der Waals surface area contributed by atoms with Crippen molar-refractivity contribution in [2.75, 3.05) is 18.0 Å². The first-order chi connectivity index (χ1) is 16.9. The molecule has 4 heterocycles. The molecule has 2 amide bonds. The maximum absolute atomic E-state index is 13.6. The van der Waals surface area contributed by atoms with Crippen molar-refractivity contribution in [3.63, 3.8) is 0 Å². The molecule has 14 heteroatoms. The molecule has 0 bridgehead atoms. The maximum Gasteiger partial charge on any atom is 0.257 e. The minimum Gasteiger partial charge on any atom is -0.374 e. The van der Waals surface area contributed by atoms with Crippen LogP contribution in [0.2, 0.25) is 5.02 Å². The summed E-state index contributed by atoms with van der Waals surface area (Å²) in [5.41, 5.74) is 5.81. The van der Waals surface area contributed by atoms with Crippen molar-refractivity contribution in [1.82, 2.24) is 40.2 Å². The summed E-state index contributed by atoms with van der Waals surface area (Å²) in [4.78, 5) is 36.5. The van der Waals surface area contributed by atoms with Gasteiger partial charge in [-0.1, -0.05) is 54.0 Å². The Kier molecular flexibility index (Phi) is 6.89. The molecule has 35 heavy (non-hydrogen) atoms. The van der Waals surface area contributed by atoms with Crippen LogP contribution in [0.25, 0.3) is 5.95 Å². The van der Waals surface area contributed by atoms with Crippen LogP contribution in [0.5, 0.6) is 0 Å². The van der Waals surface area contributed by atoms with Crippen LogP contribution in [0.15, 0.2) is 29.1 Å². The quantitative estimate of drug-likeness (QED) is 0.456. The third kappa shape index (κ3) is 5.26. The molecule has 2 aliphatic rings. The van der Waals surface area contributed by atoms with Crippen molar-refractivity contribution in [2.45, 2.75) is 54.4 Å². The third-order valence-electron chi connectivity index (χ3n) is 6.39. The minimum absolute atomic E-state index is 0.0948. The number of nitrogens with two attached hydrogens (primary N) is 1. The summed E-state index contributed by atoms with van der Waals surface area (Å²) < 4.78 is 2.12. The Labute approximate surface area is 214 Å². The largest absolute Gasteiger partial charge is 0.374 e. The second kappa shape index (κ2) is 10.1. The average molecular weight is 534 g/mol. The smallest absolute Gasteiger partial charge is 0.257 e. The van der Waals surface area contributed by atoms with E-state index in [0.717, 1.165) is 38.5 Å². The number of nitrogens with zero attached hydrogens (tertiary/aromatic N) is 7. The summed E-state index contributed by atoms with van der Waals surface area (Å²) >= 11 is 8.43. The fraction of sp³-hybridized carbons (Fsp3) is 0.476. The Morgan fingerprint density at radius 2 is 1.97 bits per heavy atom. The van der Waals surface area contributed by atoms with Crippen LogP contribution < -0.4 is 11.1 Å². The first-order valence-corrected chi connectivity index (χ1v) is 13.5. The number of nitrogens with one attached hydrogen (secondary N) is 1. The zero-order valence-electron chi connectivity index (χ0n) is 18.8. The topological polar surface area (TPSA) is 145 Å². The fourth-order valence-corrected chi connectivity index (χ4v) is 6.47. The predicted octanol–water partition coefficient (Wildman–Crippen LogP) is 2.58. The third-order valence-corrected chi connectivity index (χ3v) is 8.47. The number of anilines is 1. The number of hydrogen-bond donors (Lipinski definition) is 2. The lowest BCUT2D eigenvalue weighted by Crippen LogP contribution is -2.48. The second-order valence-corrected chi connectivity index (χ2v) is 11.4. The van der Waals surface area contributed by atoms with E-state index in [1.54, 1.807) is 6.20 Å². The molecule has 184 valence electrons. The van der Waals surface area contributed by atoms with Crippen LogP contribution in [0.4, 0.5) is 5.13 Å². The molecule has 11 nitrogen and oxygen atoms in total. The zero-order chi connectivity index (χ0) is 24.4. The van der Waals surface area contributed by atoms with Gasteiger partial charge in [-0.15, -0.1) is 10.2 Å². The molecular formula is C21H24ClN9O2S2. The molecule has 1 aliphatic heterocycles. The summed E-state index contributed by atoms with van der Waals surface area (Å²) in [5.74, 6) is 0.367. The molecule has 0 radical (unpaired) electrons. The number of thioether (sulfide) groups is 1. The van der Waals surface area contributed by atoms with Crippen LogP contribution in [0.1, 0.15) is 48.9 Å². The summed E-state index contributed by atoms with van der Waals surface area (Å²) in [6, 6.07) is -0.112. The summed E-state index contributed by atoms with van der Waals surface area (Å²) in [6.45, 7) is 0.462. The van der Waals surface area contributed by atoms with Gasteiger partial charge >= 0.3 is 0 Å². The van der Waals surface area contributed by atoms with Gasteiger partial charge in [0.25, 0.3) is 11.9 Å². The molecule has 2 fully saturated rings. The highest BCUT2D eigenvalue weighted by atomic mass is 35.5. The van der Waals surface area contributed by atoms with Gasteiger partial charge in [0, 0.05) is 24.3 Å². The van der Waals surface area contributed by atoms with Crippen LogP contribution in [-0.2, 0) is 4.79 Å². The van der Waals surface area contributed by atoms with E-state index < -0.39 is 0 Å². The van der Waals surface area contributed by atoms with E-state index in [1.807, 2.05) is 4.90 Å². The number of amides is 2. The van der Waals surface area contributed by atoms with Gasteiger partial charge < -0.3 is 16.0 Å². The molecule has 0 aromatic carbocycles. The molecule has 1 atom stereocenters. The first-order valence-electron chi connectivity index (χ1n) is 11.3. The molecule has 3 aromatic heterocycles. The number of rotatable bonds is 6. The lowest BCUT2D eigenvalue weighted by Gasteiger charge is -2.41. The number of aromatic nitrogens is 6. The predicted molar refractivity (Wildman–Crippen MR) is 133 cm³/mol. The molecule has 3 N–H and O–H groups in total. The van der Waals surface area contributed by atoms with Crippen LogP contribution in [0, 0.1) is 0 Å². The Morgan fingerprint density at radius 1 is 1.20 bits per heavy atom. The van der Waals surface area contributed by atoms with Gasteiger partial charge in [0.2, 0.25) is 11.0 Å². The molecular weight excluding hydrogens is 510 g/mol. The van der Waals surface area contributed by atoms with Crippen molar-refractivity contribution < 1.29 is 9.59 Å². The van der Waals surface area contributed by atoms with Crippen molar-refractivity contribution in [3.05, 3.63) is 35.4 Å². The molecule has 3 aromatic rings. The van der Waals surface area contributed by atoms with Gasteiger partial charge in [-0.25, -0.2) is 14.6 Å². The molecule has 1 saturated carbocycles. The van der Waals surface area contributed by atoms with E-state index in [4.69, 9.17) is 17.3 Å². The van der Waals surface area contributed by atoms with Crippen LogP contribution in [-0.4, -0.2) is 70.5 Å². The van der Waals surface area contributed by atoms with Gasteiger partial charge in [-0.05, 0) is 19.3 Å². The second-order valence-electron chi connectivity index (χ2n) is 8.74. The van der Waals surface area contributed by atoms with Gasteiger partial charge in [-0.3, -0.25) is 9.59 Å². The normalized spacial score (nSPS) is 19.2. The van der Waals surface area contributed by atoms with E-state index in [-0.39, 0.29) is 29.1 Å². The highest BCUT2D eigenvalue weighted by Crippen LogP contribution is 2.42. The number of hydrogen-bond acceptors (Lipinski definition) is 10. The van der Waals surface area contributed by atoms with E-state index in [9.17, 15) is 9.59 Å². The van der Waals surface area contributed by atoms with Crippen LogP contribution >= 0.6 is 34.7 Å². The summed E-state index contributed by atoms with van der Waals surface area (Å²) in [5, 5.41) is 15.9. The molecule has 1 saturated heterocycles. The van der Waals surface area contributed by atoms with Gasteiger partial charge in [0.15, 0.2) is 4.34 Å². The zero-order valence-corrected chi connectivity index (χ0v) is 21.2. The first kappa shape index (κ1) is 23.9. The lowest BCUT2D eigenvalue weighted by molar-refractivity contribution is -0.119. The van der Waals surface area contributed by atoms with Gasteiger partial charge in [-0.2, -0.15) is 5.10 Å². The minimum atomic E-state index is -0.257. The standard InChI is InChI=1S/C21H24ClN9O2S2/c22-14-8-24-19(25-9-14)31-10-13(7-26-31)17(33)30-11-15(6-21(30)4-2-1-3-5-21)27-16(32)12-34-20-29-28-18(23)35-20/h7-10,15H,1-6,11-12H2,(H2,23,28)(H,27,32). The lowest BCUT2D eigenvalue weighted by atomic mass is 9.79. The SMILES string of the molecule is Nc1nnc(SCC(=O)NC2CN(C(=O)c3cnn(-c4ncc(Cl)cn4)c3)C3(CCCCC3)C2)s1. The molecule has 1 aliphatic carbocycles. The Bertz CT molecular complexity index is 1210. The number of likely N-dealkylation sites (tertiary alicyclic amines) is 1. The Hall–Kier alpha value is -2.77. The van der Waals surface area contributed by atoms with Gasteiger partial charge in [0.05, 0.1) is 34.9 Å². The van der Waals surface area contributed by atoms with Crippen molar-refractivity contribution in [2.24, 2.45) is 0 Å². The van der Waals surface area contributed by atoms with Gasteiger partial charge in [0.1, 0.15) is 0 Å². The average Bonchev–Trinajstić information content (AvgIpc) is 3.58. The molecule has 5 rings (SSSR count). The maximum atomic E-state index is 13.6. The summed E-state index contributed by atoms with van der Waals surface area (Å²) in [7, 11) is 0. The van der Waals surface area contributed by atoms with Crippen LogP contribution in [0.3, 0.4) is 0 Å². The summed E-state index contributed by atoms with van der Waals surface area (Å²) in [6.07, 6.45) is 12.0. The number of halogens is 1. The highest BCUT2D eigenvalue weighted by molar-refractivity contribution is 8.01. The fourth-order valence-electron chi connectivity index (χ4n) is 4.92. The van der Waals surface area contributed by atoms with E-state index in [1.165, 1.54) is 46.4 Å². The number of nitrogen functional groups attached to an aromatic ring is 1. The van der Waals surface area contributed by atoms with Crippen molar-refractivity contribution in [1.29, 1.82) is 0 Å². The number of carbonyl (C=O) groups excluding carboxylic acids is 2. The van der Waals surface area contributed by atoms with E-state index in [2.05, 4.69) is 30.6 Å². The molecule has 1 unspecified atom stereocenters. The Morgan fingerprint density at radius 3 is 2.69 bits per heavy atom. The van der Waals surface area contributed by atoms with E-state index >= 15 is 0 Å². The number of carbonyl (C=O) groups is 2. The highest BCUT2D eigenvalue weighted by Gasteiger charge is 2.48. The monoisotopic (exact) mass is 533 g/mol. The van der Waals surface area contributed by atoms with E-state index in [0.29, 0.717) is 32.6 Å². The Balaban J connectivity index is 1.28. The van der Waals surface area contributed by atoms with Crippen molar-refractivity contribution >= 4 is 51.6 Å².